The van der Waals surface area contributed by atoms with E-state index in [9.17, 15) is 43.2 Å². The average molecular weight is 1330 g/mol. The molecule has 0 bridgehead atoms. The summed E-state index contributed by atoms with van der Waals surface area (Å²) in [5, 5.41) is 10.6. The highest BCUT2D eigenvalue weighted by atomic mass is 31.2. The zero-order chi connectivity index (χ0) is 66.6. The molecular weight excluding hydrogens is 1190 g/mol. The second kappa shape index (κ2) is 61.9. The van der Waals surface area contributed by atoms with Crippen LogP contribution in [0.1, 0.15) is 357 Å². The first-order valence-corrected chi connectivity index (χ1v) is 39.8. The van der Waals surface area contributed by atoms with Crippen LogP contribution in [-0.2, 0) is 65.4 Å². The highest BCUT2D eigenvalue weighted by molar-refractivity contribution is 7.47. The summed E-state index contributed by atoms with van der Waals surface area (Å²) in [7, 11) is -9.90. The molecule has 0 saturated heterocycles. The van der Waals surface area contributed by atoms with Crippen molar-refractivity contribution < 1.29 is 80.2 Å². The van der Waals surface area contributed by atoms with Crippen molar-refractivity contribution in [1.82, 2.24) is 0 Å². The standard InChI is InChI=1S/C71H138O17P2/c1-8-9-10-11-12-13-24-31-38-45-52-68(73)81-59-67(88-71(76)55-48-41-34-27-30-37-44-51-64(6)7)61-86-90(79,80)84-57-65(72)56-83-89(77,78)85-60-66(58-82-69(74)53-46-39-32-25-21-17-19-23-29-36-43-50-63(4)5)87-70(75)54-47-40-33-26-20-16-14-15-18-22-28-35-42-49-62(2)3/h62-67,72H,8-61H2,1-7H3,(H,77,78)(H,79,80)/t65-,66-,67-/m1/s1. The number of unbranched alkanes of at least 4 members (excludes halogenated alkanes) is 37. The molecule has 0 radical (unpaired) electrons. The second-order valence-electron chi connectivity index (χ2n) is 27.1. The van der Waals surface area contributed by atoms with Crippen LogP contribution in [0.4, 0.5) is 0 Å². The summed E-state index contributed by atoms with van der Waals surface area (Å²) >= 11 is 0. The van der Waals surface area contributed by atoms with E-state index in [-0.39, 0.29) is 25.7 Å². The van der Waals surface area contributed by atoms with Gasteiger partial charge in [0, 0.05) is 25.7 Å². The molecule has 0 aromatic rings. The molecule has 0 heterocycles. The van der Waals surface area contributed by atoms with Gasteiger partial charge in [0.2, 0.25) is 0 Å². The molecule has 5 atom stereocenters. The first-order chi connectivity index (χ1) is 43.2. The number of aliphatic hydroxyl groups excluding tert-OH is 1. The second-order valence-corrected chi connectivity index (χ2v) is 30.0. The van der Waals surface area contributed by atoms with Gasteiger partial charge in [-0.2, -0.15) is 0 Å². The summed E-state index contributed by atoms with van der Waals surface area (Å²) in [5.74, 6) is 0.127. The number of carbonyl (C=O) groups excluding carboxylic acids is 4. The summed E-state index contributed by atoms with van der Waals surface area (Å²) in [6, 6.07) is 0. The van der Waals surface area contributed by atoms with Crippen LogP contribution < -0.4 is 0 Å². The van der Waals surface area contributed by atoms with Crippen LogP contribution in [0.2, 0.25) is 0 Å². The van der Waals surface area contributed by atoms with Crippen LogP contribution in [0.3, 0.4) is 0 Å². The molecule has 0 aromatic carbocycles. The normalized spacial score (nSPS) is 14.2. The van der Waals surface area contributed by atoms with Crippen molar-refractivity contribution in [3.63, 3.8) is 0 Å². The number of esters is 4. The van der Waals surface area contributed by atoms with E-state index < -0.39 is 97.5 Å². The highest BCUT2D eigenvalue weighted by Crippen LogP contribution is 2.45. The maximum absolute atomic E-state index is 13.0. The Hall–Kier alpha value is -1.94. The van der Waals surface area contributed by atoms with Gasteiger partial charge in [-0.15, -0.1) is 0 Å². The molecule has 534 valence electrons. The number of phosphoric ester groups is 2. The van der Waals surface area contributed by atoms with Crippen molar-refractivity contribution in [2.75, 3.05) is 39.6 Å². The summed E-state index contributed by atoms with van der Waals surface area (Å²) in [6.45, 7) is 11.8. The predicted molar refractivity (Wildman–Crippen MR) is 363 cm³/mol. The van der Waals surface area contributed by atoms with Crippen molar-refractivity contribution >= 4 is 39.5 Å². The molecule has 0 aliphatic rings. The lowest BCUT2D eigenvalue weighted by Gasteiger charge is -2.21. The molecule has 0 saturated carbocycles. The van der Waals surface area contributed by atoms with E-state index in [2.05, 4.69) is 48.5 Å². The fraction of sp³-hybridized carbons (Fsp3) is 0.944. The first kappa shape index (κ1) is 88.1. The summed E-state index contributed by atoms with van der Waals surface area (Å²) in [5.41, 5.74) is 0. The lowest BCUT2D eigenvalue weighted by atomic mass is 10.0. The minimum absolute atomic E-state index is 0.103. The molecule has 19 heteroatoms. The molecule has 3 N–H and O–H groups in total. The largest absolute Gasteiger partial charge is 0.472 e. The van der Waals surface area contributed by atoms with Gasteiger partial charge >= 0.3 is 39.5 Å². The van der Waals surface area contributed by atoms with Crippen LogP contribution >= 0.6 is 15.6 Å². The van der Waals surface area contributed by atoms with Gasteiger partial charge in [0.15, 0.2) is 12.2 Å². The molecule has 2 unspecified atom stereocenters. The van der Waals surface area contributed by atoms with Gasteiger partial charge < -0.3 is 33.8 Å². The Labute approximate surface area is 549 Å². The maximum atomic E-state index is 13.0. The van der Waals surface area contributed by atoms with E-state index in [1.54, 1.807) is 0 Å². The van der Waals surface area contributed by atoms with Crippen LogP contribution in [-0.4, -0.2) is 96.7 Å². The molecule has 0 rings (SSSR count). The van der Waals surface area contributed by atoms with Crippen molar-refractivity contribution in [3.05, 3.63) is 0 Å². The van der Waals surface area contributed by atoms with Gasteiger partial charge in [-0.1, -0.05) is 305 Å². The molecule has 0 aliphatic carbocycles. The Morgan fingerprint density at radius 3 is 0.756 bits per heavy atom. The minimum Gasteiger partial charge on any atom is -0.462 e. The number of hydrogen-bond acceptors (Lipinski definition) is 15. The Morgan fingerprint density at radius 1 is 0.300 bits per heavy atom. The van der Waals surface area contributed by atoms with E-state index in [0.29, 0.717) is 31.6 Å². The number of carbonyl (C=O) groups is 4. The molecule has 0 aliphatic heterocycles. The first-order valence-electron chi connectivity index (χ1n) is 36.8. The predicted octanol–water partition coefficient (Wildman–Crippen LogP) is 20.2. The monoisotopic (exact) mass is 1320 g/mol. The topological polar surface area (TPSA) is 237 Å². The van der Waals surface area contributed by atoms with Gasteiger partial charge in [-0.05, 0) is 43.4 Å². The molecule has 0 aromatic heterocycles. The maximum Gasteiger partial charge on any atom is 0.472 e. The highest BCUT2D eigenvalue weighted by Gasteiger charge is 2.30. The number of phosphoric acid groups is 2. The number of ether oxygens (including phenoxy) is 4. The minimum atomic E-state index is -4.95. The fourth-order valence-electron chi connectivity index (χ4n) is 10.7. The van der Waals surface area contributed by atoms with Crippen molar-refractivity contribution in [2.45, 2.75) is 375 Å². The molecule has 90 heavy (non-hydrogen) atoms. The van der Waals surface area contributed by atoms with Crippen molar-refractivity contribution in [2.24, 2.45) is 17.8 Å². The lowest BCUT2D eigenvalue weighted by Crippen LogP contribution is -2.30. The van der Waals surface area contributed by atoms with Crippen LogP contribution in [0.15, 0.2) is 0 Å². The van der Waals surface area contributed by atoms with Gasteiger partial charge in [-0.25, -0.2) is 9.13 Å². The van der Waals surface area contributed by atoms with E-state index in [4.69, 9.17) is 37.0 Å². The molecular formula is C71H138O17P2. The zero-order valence-electron chi connectivity index (χ0n) is 58.6. The quantitative estimate of drug-likeness (QED) is 0.0222. The zero-order valence-corrected chi connectivity index (χ0v) is 60.4. The third-order valence-electron chi connectivity index (χ3n) is 16.4. The lowest BCUT2D eigenvalue weighted by molar-refractivity contribution is -0.161. The molecule has 0 amide bonds. The van der Waals surface area contributed by atoms with E-state index in [1.165, 1.54) is 167 Å². The van der Waals surface area contributed by atoms with E-state index >= 15 is 0 Å². The third kappa shape index (κ3) is 64.8. The van der Waals surface area contributed by atoms with Crippen molar-refractivity contribution in [3.8, 4) is 0 Å². The fourth-order valence-corrected chi connectivity index (χ4v) is 12.3. The molecule has 17 nitrogen and oxygen atoms in total. The Kier molecular flexibility index (Phi) is 60.6. The smallest absolute Gasteiger partial charge is 0.462 e. The van der Waals surface area contributed by atoms with Crippen molar-refractivity contribution in [1.29, 1.82) is 0 Å². The number of rotatable bonds is 69. The summed E-state index contributed by atoms with van der Waals surface area (Å²) in [4.78, 5) is 72.5. The van der Waals surface area contributed by atoms with E-state index in [0.717, 1.165) is 102 Å². The van der Waals surface area contributed by atoms with Gasteiger partial charge in [0.25, 0.3) is 0 Å². The Balaban J connectivity index is 5.24. The van der Waals surface area contributed by atoms with Gasteiger partial charge in [0.1, 0.15) is 19.3 Å². The summed E-state index contributed by atoms with van der Waals surface area (Å²) < 4.78 is 68.3. The Morgan fingerprint density at radius 2 is 0.511 bits per heavy atom. The van der Waals surface area contributed by atoms with Crippen LogP contribution in [0.5, 0.6) is 0 Å². The SMILES string of the molecule is CCCCCCCCCCCCC(=O)OC[C@H](COP(=O)(O)OC[C@H](O)COP(=O)(O)OC[C@@H](COC(=O)CCCCCCCCCCCCCC(C)C)OC(=O)CCCCCCCCCCCCCCCC(C)C)OC(=O)CCCCCCCCCC(C)C. The summed E-state index contributed by atoms with van der Waals surface area (Å²) in [6.07, 6.45) is 45.8. The van der Waals surface area contributed by atoms with E-state index in [1.807, 2.05) is 0 Å². The van der Waals surface area contributed by atoms with Crippen LogP contribution in [0, 0.1) is 17.8 Å². The Bertz CT molecular complexity index is 1770. The average Bonchev–Trinajstić information content (AvgIpc) is 2.88. The molecule has 0 fully saturated rings. The van der Waals surface area contributed by atoms with Gasteiger partial charge in [-0.3, -0.25) is 37.3 Å². The third-order valence-corrected chi connectivity index (χ3v) is 18.3. The van der Waals surface area contributed by atoms with Gasteiger partial charge in [0.05, 0.1) is 26.4 Å². The molecule has 0 spiro atoms. The number of aliphatic hydroxyl groups is 1. The van der Waals surface area contributed by atoms with Crippen LogP contribution in [0.25, 0.3) is 0 Å². The number of hydrogen-bond donors (Lipinski definition) is 3.